The van der Waals surface area contributed by atoms with Crippen molar-refractivity contribution in [2.24, 2.45) is 0 Å². The van der Waals surface area contributed by atoms with Crippen molar-refractivity contribution in [3.8, 4) is 0 Å². The summed E-state index contributed by atoms with van der Waals surface area (Å²) in [6.45, 7) is 2.13. The van der Waals surface area contributed by atoms with Gasteiger partial charge in [0.2, 0.25) is 0 Å². The summed E-state index contributed by atoms with van der Waals surface area (Å²) in [6.07, 6.45) is 6.26. The van der Waals surface area contributed by atoms with Crippen LogP contribution in [0.2, 0.25) is 0 Å². The van der Waals surface area contributed by atoms with Gasteiger partial charge in [0, 0.05) is 5.57 Å². The standard InChI is InChI=1S/C15H14O/c1-11-7-8-12-4-2-5-13(14(12)10-11)15-6-3-9-16-15/h3,5-10H,2,4H2,1H3. The lowest BCUT2D eigenvalue weighted by Crippen LogP contribution is -2.00. The molecule has 1 aromatic carbocycles. The molecule has 0 spiro atoms. The predicted molar refractivity (Wildman–Crippen MR) is 65.3 cm³/mol. The van der Waals surface area contributed by atoms with Crippen molar-refractivity contribution >= 4 is 5.57 Å². The quantitative estimate of drug-likeness (QED) is 0.694. The second-order valence-corrected chi connectivity index (χ2v) is 4.29. The summed E-state index contributed by atoms with van der Waals surface area (Å²) in [4.78, 5) is 0. The van der Waals surface area contributed by atoms with Gasteiger partial charge in [-0.25, -0.2) is 0 Å². The number of fused-ring (bicyclic) bond motifs is 1. The van der Waals surface area contributed by atoms with Crippen LogP contribution < -0.4 is 0 Å². The first-order valence-corrected chi connectivity index (χ1v) is 5.68. The minimum absolute atomic E-state index is 0.978. The normalized spacial score (nSPS) is 14.4. The van der Waals surface area contributed by atoms with Gasteiger partial charge in [0.05, 0.1) is 6.26 Å². The fourth-order valence-corrected chi connectivity index (χ4v) is 2.31. The Kier molecular flexibility index (Phi) is 2.17. The number of hydrogen-bond donors (Lipinski definition) is 0. The van der Waals surface area contributed by atoms with E-state index in [1.807, 2.05) is 12.1 Å². The number of benzene rings is 1. The maximum absolute atomic E-state index is 5.50. The Labute approximate surface area is 95.4 Å². The van der Waals surface area contributed by atoms with Gasteiger partial charge in [0.25, 0.3) is 0 Å². The van der Waals surface area contributed by atoms with E-state index in [-0.39, 0.29) is 0 Å². The van der Waals surface area contributed by atoms with Crippen molar-refractivity contribution in [1.82, 2.24) is 0 Å². The lowest BCUT2D eigenvalue weighted by Gasteiger charge is -2.16. The summed E-state index contributed by atoms with van der Waals surface area (Å²) >= 11 is 0. The van der Waals surface area contributed by atoms with Crippen molar-refractivity contribution in [3.05, 3.63) is 65.1 Å². The van der Waals surface area contributed by atoms with Crippen LogP contribution in [0.25, 0.3) is 5.57 Å². The molecule has 1 nitrogen and oxygen atoms in total. The first-order valence-electron chi connectivity index (χ1n) is 5.68. The zero-order valence-electron chi connectivity index (χ0n) is 9.36. The Morgan fingerprint density at radius 3 is 2.94 bits per heavy atom. The Morgan fingerprint density at radius 1 is 1.19 bits per heavy atom. The Bertz CT molecular complexity index is 533. The molecule has 1 aromatic heterocycles. The van der Waals surface area contributed by atoms with E-state index >= 15 is 0 Å². The third-order valence-corrected chi connectivity index (χ3v) is 3.10. The summed E-state index contributed by atoms with van der Waals surface area (Å²) < 4.78 is 5.50. The van der Waals surface area contributed by atoms with Crippen LogP contribution >= 0.6 is 0 Å². The van der Waals surface area contributed by atoms with Crippen LogP contribution in [0.4, 0.5) is 0 Å². The van der Waals surface area contributed by atoms with Crippen LogP contribution in [-0.4, -0.2) is 0 Å². The molecule has 0 fully saturated rings. The molecule has 0 atom stereocenters. The molecule has 80 valence electrons. The van der Waals surface area contributed by atoms with Crippen molar-refractivity contribution in [1.29, 1.82) is 0 Å². The van der Waals surface area contributed by atoms with E-state index in [4.69, 9.17) is 4.42 Å². The molecule has 1 heterocycles. The molecule has 3 rings (SSSR count). The van der Waals surface area contributed by atoms with E-state index in [0.717, 1.165) is 18.6 Å². The minimum atomic E-state index is 0.978. The number of rotatable bonds is 1. The van der Waals surface area contributed by atoms with Gasteiger partial charge in [0.1, 0.15) is 5.76 Å². The highest BCUT2D eigenvalue weighted by molar-refractivity contribution is 5.80. The highest BCUT2D eigenvalue weighted by atomic mass is 16.3. The second-order valence-electron chi connectivity index (χ2n) is 4.29. The van der Waals surface area contributed by atoms with E-state index in [1.54, 1.807) is 6.26 Å². The smallest absolute Gasteiger partial charge is 0.134 e. The Morgan fingerprint density at radius 2 is 2.12 bits per heavy atom. The zero-order chi connectivity index (χ0) is 11.0. The maximum atomic E-state index is 5.50. The van der Waals surface area contributed by atoms with Crippen molar-refractivity contribution in [2.75, 3.05) is 0 Å². The molecule has 0 bridgehead atoms. The molecule has 2 aromatic rings. The van der Waals surface area contributed by atoms with Crippen LogP contribution in [0.5, 0.6) is 0 Å². The molecule has 0 saturated heterocycles. The average molecular weight is 210 g/mol. The molecular weight excluding hydrogens is 196 g/mol. The summed E-state index contributed by atoms with van der Waals surface area (Å²) in [6, 6.07) is 10.6. The lowest BCUT2D eigenvalue weighted by molar-refractivity contribution is 0.553. The van der Waals surface area contributed by atoms with Gasteiger partial charge < -0.3 is 4.42 Å². The molecule has 0 aliphatic heterocycles. The molecule has 1 aliphatic rings. The summed E-state index contributed by atoms with van der Waals surface area (Å²) in [5, 5.41) is 0. The van der Waals surface area contributed by atoms with Crippen molar-refractivity contribution < 1.29 is 4.42 Å². The molecule has 0 N–H and O–H groups in total. The van der Waals surface area contributed by atoms with Gasteiger partial charge in [-0.05, 0) is 43.0 Å². The summed E-state index contributed by atoms with van der Waals surface area (Å²) in [5.41, 5.74) is 5.31. The van der Waals surface area contributed by atoms with Crippen LogP contribution in [-0.2, 0) is 6.42 Å². The van der Waals surface area contributed by atoms with Gasteiger partial charge in [-0.1, -0.05) is 29.8 Å². The molecule has 0 radical (unpaired) electrons. The SMILES string of the molecule is Cc1ccc2c(c1)C(c1ccco1)=CCC2. The van der Waals surface area contributed by atoms with Gasteiger partial charge in [-0.2, -0.15) is 0 Å². The molecule has 1 aliphatic carbocycles. The van der Waals surface area contributed by atoms with Gasteiger partial charge >= 0.3 is 0 Å². The van der Waals surface area contributed by atoms with E-state index in [1.165, 1.54) is 22.3 Å². The van der Waals surface area contributed by atoms with Gasteiger partial charge in [0.15, 0.2) is 0 Å². The molecule has 0 saturated carbocycles. The average Bonchev–Trinajstić information content (AvgIpc) is 2.81. The fourth-order valence-electron chi connectivity index (χ4n) is 2.31. The maximum Gasteiger partial charge on any atom is 0.134 e. The number of allylic oxidation sites excluding steroid dienone is 1. The van der Waals surface area contributed by atoms with E-state index in [0.29, 0.717) is 0 Å². The molecule has 0 unspecified atom stereocenters. The third kappa shape index (κ3) is 1.49. The minimum Gasteiger partial charge on any atom is -0.464 e. The van der Waals surface area contributed by atoms with Crippen molar-refractivity contribution in [2.45, 2.75) is 19.8 Å². The topological polar surface area (TPSA) is 13.1 Å². The Hall–Kier alpha value is -1.76. The molecule has 16 heavy (non-hydrogen) atoms. The van der Waals surface area contributed by atoms with Crippen LogP contribution in [0.3, 0.4) is 0 Å². The predicted octanol–water partition coefficient (Wildman–Crippen LogP) is 3.97. The van der Waals surface area contributed by atoms with Crippen LogP contribution in [0.15, 0.2) is 47.1 Å². The third-order valence-electron chi connectivity index (χ3n) is 3.10. The fraction of sp³-hybridized carbons (Fsp3) is 0.200. The lowest BCUT2D eigenvalue weighted by atomic mass is 9.88. The monoisotopic (exact) mass is 210 g/mol. The summed E-state index contributed by atoms with van der Waals surface area (Å²) in [7, 11) is 0. The van der Waals surface area contributed by atoms with Crippen LogP contribution in [0, 0.1) is 6.92 Å². The van der Waals surface area contributed by atoms with Gasteiger partial charge in [-0.3, -0.25) is 0 Å². The highest BCUT2D eigenvalue weighted by Gasteiger charge is 2.15. The van der Waals surface area contributed by atoms with Gasteiger partial charge in [-0.15, -0.1) is 0 Å². The van der Waals surface area contributed by atoms with Crippen LogP contribution in [0.1, 0.15) is 28.9 Å². The second kappa shape index (κ2) is 3.67. The first-order chi connectivity index (χ1) is 7.84. The highest BCUT2D eigenvalue weighted by Crippen LogP contribution is 2.32. The molecule has 1 heteroatoms. The number of hydrogen-bond acceptors (Lipinski definition) is 1. The van der Waals surface area contributed by atoms with E-state index < -0.39 is 0 Å². The first kappa shape index (κ1) is 9.46. The number of furan rings is 1. The van der Waals surface area contributed by atoms with E-state index in [9.17, 15) is 0 Å². The van der Waals surface area contributed by atoms with E-state index in [2.05, 4.69) is 31.2 Å². The zero-order valence-corrected chi connectivity index (χ0v) is 9.36. The number of aryl methyl sites for hydroxylation is 2. The largest absolute Gasteiger partial charge is 0.464 e. The molecular formula is C15H14O. The Balaban J connectivity index is 2.16. The van der Waals surface area contributed by atoms with Crippen molar-refractivity contribution in [3.63, 3.8) is 0 Å². The molecule has 0 amide bonds. The summed E-state index contributed by atoms with van der Waals surface area (Å²) in [5.74, 6) is 0.978.